The number of anilines is 2. The minimum Gasteiger partial charge on any atom is -0.495 e. The van der Waals surface area contributed by atoms with E-state index in [1.165, 1.54) is 19.3 Å². The Balaban J connectivity index is 1.32. The van der Waals surface area contributed by atoms with Crippen LogP contribution in [0.3, 0.4) is 0 Å². The summed E-state index contributed by atoms with van der Waals surface area (Å²) in [5.41, 5.74) is 3.77. The molecule has 8 nitrogen and oxygen atoms in total. The maximum atomic E-state index is 13.3. The third-order valence-corrected chi connectivity index (χ3v) is 7.04. The second-order valence-corrected chi connectivity index (χ2v) is 9.19. The molecule has 1 saturated heterocycles. The zero-order chi connectivity index (χ0) is 22.9. The molecule has 1 fully saturated rings. The largest absolute Gasteiger partial charge is 0.495 e. The predicted molar refractivity (Wildman–Crippen MR) is 129 cm³/mol. The van der Waals surface area contributed by atoms with Crippen LogP contribution < -0.4 is 14.5 Å². The molecule has 174 valence electrons. The molecule has 0 radical (unpaired) electrons. The van der Waals surface area contributed by atoms with Gasteiger partial charge in [-0.05, 0) is 50.3 Å². The Bertz CT molecular complexity index is 1170. The van der Waals surface area contributed by atoms with Crippen molar-refractivity contribution in [1.82, 2.24) is 19.5 Å². The van der Waals surface area contributed by atoms with Crippen LogP contribution in [0.4, 0.5) is 11.5 Å². The van der Waals surface area contributed by atoms with Crippen molar-refractivity contribution >= 4 is 28.6 Å². The third kappa shape index (κ3) is 4.03. The Morgan fingerprint density at radius 2 is 1.94 bits per heavy atom. The van der Waals surface area contributed by atoms with Gasteiger partial charge in [-0.1, -0.05) is 12.5 Å². The van der Waals surface area contributed by atoms with Crippen molar-refractivity contribution in [3.05, 3.63) is 35.9 Å². The molecule has 2 aliphatic rings. The van der Waals surface area contributed by atoms with E-state index >= 15 is 0 Å². The smallest absolute Gasteiger partial charge is 0.230 e. The summed E-state index contributed by atoms with van der Waals surface area (Å²) in [5.74, 6) is 2.87. The summed E-state index contributed by atoms with van der Waals surface area (Å²) in [6.45, 7) is 4.57. The fraction of sp³-hybridized carbons (Fsp3) is 0.520. The molecule has 2 aliphatic heterocycles. The quantitative estimate of drug-likeness (QED) is 0.605. The number of nitrogens with zero attached hydrogens (tertiary/aromatic N) is 6. The number of amides is 1. The number of hydrogen-bond donors (Lipinski definition) is 0. The number of benzene rings is 1. The summed E-state index contributed by atoms with van der Waals surface area (Å²) in [6.07, 6.45) is 7.83. The van der Waals surface area contributed by atoms with Crippen LogP contribution in [0.25, 0.3) is 11.2 Å². The van der Waals surface area contributed by atoms with E-state index in [1.807, 2.05) is 32.2 Å². The Morgan fingerprint density at radius 1 is 1.12 bits per heavy atom. The van der Waals surface area contributed by atoms with Crippen molar-refractivity contribution in [3.63, 3.8) is 0 Å². The van der Waals surface area contributed by atoms with Crippen LogP contribution in [-0.4, -0.2) is 52.7 Å². The molecule has 0 aliphatic carbocycles. The lowest BCUT2D eigenvalue weighted by Gasteiger charge is -2.34. The van der Waals surface area contributed by atoms with Crippen LogP contribution in [-0.2, 0) is 17.8 Å². The lowest BCUT2D eigenvalue weighted by atomic mass is 9.95. The van der Waals surface area contributed by atoms with Crippen molar-refractivity contribution < 1.29 is 9.53 Å². The van der Waals surface area contributed by atoms with Crippen LogP contribution in [0.2, 0.25) is 0 Å². The van der Waals surface area contributed by atoms with Crippen molar-refractivity contribution in [3.8, 4) is 5.75 Å². The second-order valence-electron chi connectivity index (χ2n) is 9.19. The average molecular weight is 449 g/mol. The SMILES string of the molecule is COc1ccc(C)cc1N(C)C(=O)C1CCN(c2ncnc3c2nc2n3CCCCC2)CC1. The molecule has 0 bridgehead atoms. The van der Waals surface area contributed by atoms with Crippen LogP contribution in [0.15, 0.2) is 24.5 Å². The van der Waals surface area contributed by atoms with Gasteiger partial charge in [0.25, 0.3) is 0 Å². The van der Waals surface area contributed by atoms with Gasteiger partial charge < -0.3 is 19.1 Å². The van der Waals surface area contributed by atoms with E-state index in [9.17, 15) is 4.79 Å². The van der Waals surface area contributed by atoms with Crippen molar-refractivity contribution in [1.29, 1.82) is 0 Å². The maximum Gasteiger partial charge on any atom is 0.230 e. The van der Waals surface area contributed by atoms with Gasteiger partial charge in [-0.2, -0.15) is 0 Å². The Kier molecular flexibility index (Phi) is 5.91. The summed E-state index contributed by atoms with van der Waals surface area (Å²) < 4.78 is 7.76. The maximum absolute atomic E-state index is 13.3. The summed E-state index contributed by atoms with van der Waals surface area (Å²) in [7, 11) is 3.49. The van der Waals surface area contributed by atoms with Crippen LogP contribution in [0.5, 0.6) is 5.75 Å². The number of rotatable bonds is 4. The van der Waals surface area contributed by atoms with Gasteiger partial charge in [0, 0.05) is 39.0 Å². The lowest BCUT2D eigenvalue weighted by Crippen LogP contribution is -2.41. The molecule has 0 unspecified atom stereocenters. The number of ether oxygens (including phenoxy) is 1. The number of aryl methyl sites for hydroxylation is 3. The van der Waals surface area contributed by atoms with E-state index in [2.05, 4.69) is 19.4 Å². The van der Waals surface area contributed by atoms with E-state index in [-0.39, 0.29) is 11.8 Å². The second kappa shape index (κ2) is 9.00. The zero-order valence-corrected chi connectivity index (χ0v) is 19.8. The van der Waals surface area contributed by atoms with Gasteiger partial charge in [0.05, 0.1) is 12.8 Å². The lowest BCUT2D eigenvalue weighted by molar-refractivity contribution is -0.122. The number of piperidine rings is 1. The monoisotopic (exact) mass is 448 g/mol. The van der Waals surface area contributed by atoms with Crippen molar-refractivity contribution in [2.45, 2.75) is 52.0 Å². The zero-order valence-electron chi connectivity index (χ0n) is 19.8. The minimum absolute atomic E-state index is 0.0208. The first-order valence-electron chi connectivity index (χ1n) is 11.9. The van der Waals surface area contributed by atoms with Gasteiger partial charge in [0.1, 0.15) is 17.9 Å². The van der Waals surface area contributed by atoms with Gasteiger partial charge in [0.15, 0.2) is 17.0 Å². The topological polar surface area (TPSA) is 76.4 Å². The van der Waals surface area contributed by atoms with E-state index < -0.39 is 0 Å². The highest BCUT2D eigenvalue weighted by molar-refractivity contribution is 5.96. The first kappa shape index (κ1) is 21.7. The standard InChI is InChI=1S/C25H32N6O2/c1-17-8-9-20(33-3)19(15-17)29(2)25(32)18-10-13-30(14-11-18)23-22-24(27-16-26-23)31-12-6-4-5-7-21(31)28-22/h8-9,15-16,18H,4-7,10-14H2,1-3H3. The molecule has 3 aromatic rings. The highest BCUT2D eigenvalue weighted by Gasteiger charge is 2.30. The number of methoxy groups -OCH3 is 1. The number of fused-ring (bicyclic) bond motifs is 3. The Labute approximate surface area is 194 Å². The Hall–Kier alpha value is -3.16. The van der Waals surface area contributed by atoms with E-state index in [0.29, 0.717) is 0 Å². The molecule has 0 N–H and O–H groups in total. The predicted octanol–water partition coefficient (Wildman–Crippen LogP) is 3.75. The number of aromatic nitrogens is 4. The van der Waals surface area contributed by atoms with Crippen molar-refractivity contribution in [2.24, 2.45) is 5.92 Å². The highest BCUT2D eigenvalue weighted by Crippen LogP contribution is 2.33. The van der Waals surface area contributed by atoms with Crippen LogP contribution in [0, 0.1) is 12.8 Å². The van der Waals surface area contributed by atoms with Crippen LogP contribution in [0.1, 0.15) is 43.5 Å². The molecule has 4 heterocycles. The van der Waals surface area contributed by atoms with Gasteiger partial charge in [0.2, 0.25) is 5.91 Å². The minimum atomic E-state index is -0.0208. The normalized spacial score (nSPS) is 17.0. The summed E-state index contributed by atoms with van der Waals surface area (Å²) >= 11 is 0. The summed E-state index contributed by atoms with van der Waals surface area (Å²) in [5, 5.41) is 0. The molecule has 0 saturated carbocycles. The molecule has 0 spiro atoms. The fourth-order valence-electron chi connectivity index (χ4n) is 5.15. The van der Waals surface area contributed by atoms with E-state index in [4.69, 9.17) is 9.72 Å². The molecule has 5 rings (SSSR count). The highest BCUT2D eigenvalue weighted by atomic mass is 16.5. The number of carbonyl (C=O) groups is 1. The molecular weight excluding hydrogens is 416 g/mol. The first-order chi connectivity index (χ1) is 16.1. The molecule has 2 aromatic heterocycles. The van der Waals surface area contributed by atoms with Gasteiger partial charge in [-0.15, -0.1) is 0 Å². The fourth-order valence-corrected chi connectivity index (χ4v) is 5.15. The van der Waals surface area contributed by atoms with Gasteiger partial charge >= 0.3 is 0 Å². The van der Waals surface area contributed by atoms with Crippen molar-refractivity contribution in [2.75, 3.05) is 37.0 Å². The van der Waals surface area contributed by atoms with Gasteiger partial charge in [-0.3, -0.25) is 4.79 Å². The number of imidazole rings is 1. The van der Waals surface area contributed by atoms with E-state index in [1.54, 1.807) is 18.3 Å². The Morgan fingerprint density at radius 3 is 2.73 bits per heavy atom. The number of carbonyl (C=O) groups excluding carboxylic acids is 1. The number of hydrogen-bond acceptors (Lipinski definition) is 6. The van der Waals surface area contributed by atoms with Crippen LogP contribution >= 0.6 is 0 Å². The molecule has 1 aromatic carbocycles. The molecule has 33 heavy (non-hydrogen) atoms. The third-order valence-electron chi connectivity index (χ3n) is 7.04. The van der Waals surface area contributed by atoms with E-state index in [0.717, 1.165) is 78.7 Å². The molecule has 8 heteroatoms. The molecular formula is C25H32N6O2. The van der Waals surface area contributed by atoms with Gasteiger partial charge in [-0.25, -0.2) is 15.0 Å². The molecule has 0 atom stereocenters. The first-order valence-corrected chi connectivity index (χ1v) is 11.9. The summed E-state index contributed by atoms with van der Waals surface area (Å²) in [6, 6.07) is 5.92. The average Bonchev–Trinajstić information content (AvgIpc) is 3.04. The summed E-state index contributed by atoms with van der Waals surface area (Å²) in [4.78, 5) is 31.5. The molecule has 1 amide bonds.